The van der Waals surface area contributed by atoms with Crippen LogP contribution in [-0.4, -0.2) is 48.5 Å². The summed E-state index contributed by atoms with van der Waals surface area (Å²) in [4.78, 5) is 21.2. The number of nitrogens with one attached hydrogen (secondary N) is 1. The quantitative estimate of drug-likeness (QED) is 0.520. The predicted molar refractivity (Wildman–Crippen MR) is 130 cm³/mol. The Labute approximate surface area is 191 Å². The molecule has 166 valence electrons. The van der Waals surface area contributed by atoms with Crippen molar-refractivity contribution < 1.29 is 4.79 Å². The van der Waals surface area contributed by atoms with Crippen molar-refractivity contribution in [3.8, 4) is 0 Å². The van der Waals surface area contributed by atoms with Gasteiger partial charge in [0, 0.05) is 50.8 Å². The number of aryl methyl sites for hydroxylation is 1. The van der Waals surface area contributed by atoms with Crippen molar-refractivity contribution in [1.29, 1.82) is 0 Å². The molecule has 1 N–H and O–H groups in total. The molecule has 2 heterocycles. The van der Waals surface area contributed by atoms with Crippen LogP contribution in [0.4, 0.5) is 5.69 Å². The standard InChI is InChI=1S/C27H32N4O/c32-27(25-8-6-15-28-22-25)29-21-24-13-11-23(12-14-24)7-4-5-16-30-17-19-31(20-18-30)26-9-2-1-3-10-26/h1-3,6,8-15,22H,4-5,7,16-21H2,(H,29,32). The normalized spacial score (nSPS) is 14.3. The van der Waals surface area contributed by atoms with Crippen molar-refractivity contribution in [3.05, 3.63) is 95.8 Å². The van der Waals surface area contributed by atoms with Gasteiger partial charge < -0.3 is 10.2 Å². The molecule has 2 aromatic carbocycles. The molecule has 4 rings (SSSR count). The summed E-state index contributed by atoms with van der Waals surface area (Å²) in [5, 5.41) is 2.95. The number of rotatable bonds is 9. The molecule has 0 bridgehead atoms. The Morgan fingerprint density at radius 2 is 1.59 bits per heavy atom. The SMILES string of the molecule is O=C(NCc1ccc(CCCCN2CCN(c3ccccc3)CC2)cc1)c1cccnc1. The lowest BCUT2D eigenvalue weighted by atomic mass is 10.1. The molecule has 0 atom stereocenters. The van der Waals surface area contributed by atoms with Gasteiger partial charge in [-0.1, -0.05) is 42.5 Å². The van der Waals surface area contributed by atoms with Crippen molar-refractivity contribution >= 4 is 11.6 Å². The van der Waals surface area contributed by atoms with E-state index in [2.05, 4.69) is 74.7 Å². The highest BCUT2D eigenvalue weighted by Crippen LogP contribution is 2.16. The Hall–Kier alpha value is -3.18. The molecule has 1 aliphatic heterocycles. The third-order valence-corrected chi connectivity index (χ3v) is 6.08. The molecule has 5 nitrogen and oxygen atoms in total. The number of piperazine rings is 1. The fourth-order valence-corrected chi connectivity index (χ4v) is 4.14. The van der Waals surface area contributed by atoms with Gasteiger partial charge in [0.2, 0.25) is 0 Å². The molecule has 0 aliphatic carbocycles. The van der Waals surface area contributed by atoms with Crippen molar-refractivity contribution in [2.24, 2.45) is 0 Å². The van der Waals surface area contributed by atoms with Crippen LogP contribution in [0, 0.1) is 0 Å². The van der Waals surface area contributed by atoms with Crippen molar-refractivity contribution in [2.45, 2.75) is 25.8 Å². The lowest BCUT2D eigenvalue weighted by Crippen LogP contribution is -2.46. The number of pyridine rings is 1. The maximum Gasteiger partial charge on any atom is 0.253 e. The summed E-state index contributed by atoms with van der Waals surface area (Å²) in [6.07, 6.45) is 6.79. The van der Waals surface area contributed by atoms with Gasteiger partial charge in [-0.3, -0.25) is 14.7 Å². The van der Waals surface area contributed by atoms with Gasteiger partial charge >= 0.3 is 0 Å². The van der Waals surface area contributed by atoms with Gasteiger partial charge in [0.1, 0.15) is 0 Å². The number of hydrogen-bond donors (Lipinski definition) is 1. The molecule has 1 aliphatic rings. The fraction of sp³-hybridized carbons (Fsp3) is 0.333. The average Bonchev–Trinajstić information content (AvgIpc) is 2.87. The summed E-state index contributed by atoms with van der Waals surface area (Å²) >= 11 is 0. The summed E-state index contributed by atoms with van der Waals surface area (Å²) in [5.41, 5.74) is 4.40. The molecular formula is C27H32N4O. The second-order valence-electron chi connectivity index (χ2n) is 8.36. The van der Waals surface area contributed by atoms with E-state index in [1.54, 1.807) is 24.5 Å². The number of para-hydroxylation sites is 1. The number of amides is 1. The summed E-state index contributed by atoms with van der Waals surface area (Å²) in [7, 11) is 0. The Bertz CT molecular complexity index is 952. The van der Waals surface area contributed by atoms with Gasteiger partial charge in [-0.15, -0.1) is 0 Å². The summed E-state index contributed by atoms with van der Waals surface area (Å²) in [5.74, 6) is -0.0909. The highest BCUT2D eigenvalue weighted by molar-refractivity contribution is 5.93. The van der Waals surface area contributed by atoms with Gasteiger partial charge in [0.25, 0.3) is 5.91 Å². The fourth-order valence-electron chi connectivity index (χ4n) is 4.14. The van der Waals surface area contributed by atoms with Crippen molar-refractivity contribution in [2.75, 3.05) is 37.6 Å². The van der Waals surface area contributed by atoms with Crippen LogP contribution in [-0.2, 0) is 13.0 Å². The van der Waals surface area contributed by atoms with E-state index < -0.39 is 0 Å². The topological polar surface area (TPSA) is 48.5 Å². The Kier molecular flexibility index (Phi) is 7.88. The van der Waals surface area contributed by atoms with Crippen LogP contribution in [0.2, 0.25) is 0 Å². The van der Waals surface area contributed by atoms with Gasteiger partial charge in [0.15, 0.2) is 0 Å². The minimum atomic E-state index is -0.0909. The van der Waals surface area contributed by atoms with E-state index in [1.165, 1.54) is 30.6 Å². The first-order valence-electron chi connectivity index (χ1n) is 11.6. The summed E-state index contributed by atoms with van der Waals surface area (Å²) in [6.45, 7) is 6.23. The van der Waals surface area contributed by atoms with E-state index in [0.29, 0.717) is 12.1 Å². The summed E-state index contributed by atoms with van der Waals surface area (Å²) in [6, 6.07) is 22.9. The first-order valence-corrected chi connectivity index (χ1v) is 11.6. The minimum Gasteiger partial charge on any atom is -0.369 e. The molecule has 0 unspecified atom stereocenters. The number of nitrogens with zero attached hydrogens (tertiary/aromatic N) is 3. The van der Waals surface area contributed by atoms with Crippen LogP contribution in [0.25, 0.3) is 0 Å². The lowest BCUT2D eigenvalue weighted by molar-refractivity contribution is 0.0950. The van der Waals surface area contributed by atoms with Crippen LogP contribution in [0.5, 0.6) is 0 Å². The van der Waals surface area contributed by atoms with Crippen molar-refractivity contribution in [1.82, 2.24) is 15.2 Å². The van der Waals surface area contributed by atoms with Crippen molar-refractivity contribution in [3.63, 3.8) is 0 Å². The molecule has 3 aromatic rings. The minimum absolute atomic E-state index is 0.0909. The molecule has 32 heavy (non-hydrogen) atoms. The molecule has 0 saturated carbocycles. The monoisotopic (exact) mass is 428 g/mol. The number of unbranched alkanes of at least 4 members (excludes halogenated alkanes) is 1. The zero-order valence-corrected chi connectivity index (χ0v) is 18.6. The smallest absolute Gasteiger partial charge is 0.253 e. The van der Waals surface area contributed by atoms with E-state index in [4.69, 9.17) is 0 Å². The van der Waals surface area contributed by atoms with E-state index in [1.807, 2.05) is 0 Å². The number of carbonyl (C=O) groups is 1. The Morgan fingerprint density at radius 3 is 2.31 bits per heavy atom. The second kappa shape index (κ2) is 11.4. The number of carbonyl (C=O) groups excluding carboxylic acids is 1. The Morgan fingerprint density at radius 1 is 0.844 bits per heavy atom. The Balaban J connectivity index is 1.11. The van der Waals surface area contributed by atoms with E-state index in [-0.39, 0.29) is 5.91 Å². The molecule has 1 saturated heterocycles. The molecule has 5 heteroatoms. The molecule has 1 aromatic heterocycles. The maximum absolute atomic E-state index is 12.1. The number of aromatic nitrogens is 1. The third-order valence-electron chi connectivity index (χ3n) is 6.08. The van der Waals surface area contributed by atoms with Gasteiger partial charge in [-0.2, -0.15) is 0 Å². The number of hydrogen-bond acceptors (Lipinski definition) is 4. The average molecular weight is 429 g/mol. The zero-order chi connectivity index (χ0) is 22.0. The van der Waals surface area contributed by atoms with E-state index in [9.17, 15) is 4.79 Å². The van der Waals surface area contributed by atoms with Gasteiger partial charge in [-0.25, -0.2) is 0 Å². The van der Waals surface area contributed by atoms with Gasteiger partial charge in [0.05, 0.1) is 5.56 Å². The molecule has 1 amide bonds. The lowest BCUT2D eigenvalue weighted by Gasteiger charge is -2.36. The third kappa shape index (κ3) is 6.41. The predicted octanol–water partition coefficient (Wildman–Crippen LogP) is 4.16. The van der Waals surface area contributed by atoms with Crippen LogP contribution < -0.4 is 10.2 Å². The number of anilines is 1. The first-order chi connectivity index (χ1) is 15.8. The highest BCUT2D eigenvalue weighted by atomic mass is 16.1. The van der Waals surface area contributed by atoms with E-state index >= 15 is 0 Å². The van der Waals surface area contributed by atoms with Crippen LogP contribution in [0.3, 0.4) is 0 Å². The van der Waals surface area contributed by atoms with Crippen LogP contribution in [0.15, 0.2) is 79.1 Å². The van der Waals surface area contributed by atoms with Crippen LogP contribution in [0.1, 0.15) is 34.3 Å². The molecule has 0 spiro atoms. The maximum atomic E-state index is 12.1. The number of benzene rings is 2. The highest BCUT2D eigenvalue weighted by Gasteiger charge is 2.16. The van der Waals surface area contributed by atoms with Gasteiger partial charge in [-0.05, 0) is 61.2 Å². The second-order valence-corrected chi connectivity index (χ2v) is 8.36. The summed E-state index contributed by atoms with van der Waals surface area (Å²) < 4.78 is 0. The van der Waals surface area contributed by atoms with Crippen LogP contribution >= 0.6 is 0 Å². The first kappa shape index (κ1) is 22.0. The molecule has 0 radical (unpaired) electrons. The molecular weight excluding hydrogens is 396 g/mol. The molecule has 1 fully saturated rings. The van der Waals surface area contributed by atoms with E-state index in [0.717, 1.165) is 38.2 Å². The largest absolute Gasteiger partial charge is 0.369 e. The zero-order valence-electron chi connectivity index (χ0n) is 18.6.